The Kier molecular flexibility index (Phi) is 4.83. The number of nitro benzene ring substituents is 2. The van der Waals surface area contributed by atoms with Crippen LogP contribution in [-0.4, -0.2) is 9.85 Å². The highest BCUT2D eigenvalue weighted by Crippen LogP contribution is 2.53. The second-order valence-electron chi connectivity index (χ2n) is 4.12. The van der Waals surface area contributed by atoms with Gasteiger partial charge in [0, 0.05) is 35.5 Å². The summed E-state index contributed by atoms with van der Waals surface area (Å²) in [4.78, 5) is 19.9. The van der Waals surface area contributed by atoms with Crippen molar-refractivity contribution in [2.24, 2.45) is 0 Å². The fraction of sp³-hybridized carbons (Fsp3) is 0. The highest BCUT2D eigenvalue weighted by molar-refractivity contribution is 7.82. The van der Waals surface area contributed by atoms with Crippen LogP contribution in [0.1, 0.15) is 0 Å². The Hall–Kier alpha value is -2.64. The van der Waals surface area contributed by atoms with Crippen LogP contribution >= 0.6 is 18.2 Å². The van der Waals surface area contributed by atoms with Crippen molar-refractivity contribution >= 4 is 29.6 Å². The maximum atomic E-state index is 12.0. The smallest absolute Gasteiger partial charge is 0.405 e. The molecular formula is C12H8ClN2O7P. The second kappa shape index (κ2) is 6.64. The van der Waals surface area contributed by atoms with Crippen molar-refractivity contribution in [3.63, 3.8) is 0 Å². The molecule has 23 heavy (non-hydrogen) atoms. The highest BCUT2D eigenvalue weighted by Gasteiger charge is 2.25. The van der Waals surface area contributed by atoms with Gasteiger partial charge in [0.05, 0.1) is 9.85 Å². The van der Waals surface area contributed by atoms with Crippen LogP contribution in [0.5, 0.6) is 11.5 Å². The van der Waals surface area contributed by atoms with Gasteiger partial charge in [-0.15, -0.1) is 0 Å². The zero-order valence-electron chi connectivity index (χ0n) is 11.2. The third-order valence-corrected chi connectivity index (χ3v) is 3.80. The van der Waals surface area contributed by atoms with Gasteiger partial charge >= 0.3 is 6.95 Å². The number of halogens is 1. The summed E-state index contributed by atoms with van der Waals surface area (Å²) in [6.45, 7) is -4.08. The van der Waals surface area contributed by atoms with E-state index in [1.165, 1.54) is 24.3 Å². The molecule has 0 saturated carbocycles. The van der Waals surface area contributed by atoms with E-state index in [-0.39, 0.29) is 22.9 Å². The van der Waals surface area contributed by atoms with Gasteiger partial charge in [0.1, 0.15) is 11.5 Å². The molecule has 2 rings (SSSR count). The molecule has 2 aromatic rings. The molecule has 0 aliphatic rings. The highest BCUT2D eigenvalue weighted by atomic mass is 35.7. The number of nitro groups is 2. The molecule has 0 bridgehead atoms. The van der Waals surface area contributed by atoms with Crippen LogP contribution in [0.3, 0.4) is 0 Å². The second-order valence-corrected chi connectivity index (χ2v) is 6.58. The van der Waals surface area contributed by atoms with Crippen LogP contribution in [0.25, 0.3) is 0 Å². The predicted molar refractivity (Wildman–Crippen MR) is 80.9 cm³/mol. The van der Waals surface area contributed by atoms with Gasteiger partial charge < -0.3 is 9.05 Å². The average Bonchev–Trinajstić information content (AvgIpc) is 2.47. The van der Waals surface area contributed by atoms with Crippen LogP contribution in [0.15, 0.2) is 48.5 Å². The standard InChI is InChI=1S/C12H8ClN2O7P/c13-23(20,21-11-5-1-9(2-6-11)14(16)17)22-12-7-3-10(4-8-12)15(18)19/h1-8H. The van der Waals surface area contributed by atoms with E-state index >= 15 is 0 Å². The van der Waals surface area contributed by atoms with E-state index in [1.807, 2.05) is 0 Å². The Labute approximate surface area is 134 Å². The third kappa shape index (κ3) is 4.67. The summed E-state index contributed by atoms with van der Waals surface area (Å²) in [7, 11) is 0. The molecule has 0 atom stereocenters. The lowest BCUT2D eigenvalue weighted by Gasteiger charge is -2.13. The molecule has 0 aliphatic carbocycles. The van der Waals surface area contributed by atoms with Crippen molar-refractivity contribution in [1.29, 1.82) is 0 Å². The van der Waals surface area contributed by atoms with Gasteiger partial charge in [0.15, 0.2) is 0 Å². The van der Waals surface area contributed by atoms with Crippen LogP contribution in [0, 0.1) is 20.2 Å². The minimum atomic E-state index is -4.08. The summed E-state index contributed by atoms with van der Waals surface area (Å²) in [6.07, 6.45) is 0. The molecule has 0 N–H and O–H groups in total. The number of nitrogens with zero attached hydrogens (tertiary/aromatic N) is 2. The number of benzene rings is 2. The summed E-state index contributed by atoms with van der Waals surface area (Å²) in [6, 6.07) is 9.46. The molecule has 9 nitrogen and oxygen atoms in total. The number of hydrogen-bond acceptors (Lipinski definition) is 7. The first-order valence-corrected chi connectivity index (χ1v) is 8.39. The minimum Gasteiger partial charge on any atom is -0.405 e. The third-order valence-electron chi connectivity index (χ3n) is 2.52. The van der Waals surface area contributed by atoms with Gasteiger partial charge in [-0.1, -0.05) is 0 Å². The molecule has 120 valence electrons. The molecule has 0 radical (unpaired) electrons. The maximum absolute atomic E-state index is 12.0. The van der Waals surface area contributed by atoms with Crippen molar-refractivity contribution in [1.82, 2.24) is 0 Å². The first kappa shape index (κ1) is 16.7. The van der Waals surface area contributed by atoms with Crippen LogP contribution < -0.4 is 9.05 Å². The summed E-state index contributed by atoms with van der Waals surface area (Å²) in [5.41, 5.74) is -0.337. The minimum absolute atomic E-state index is 0.0100. The van der Waals surface area contributed by atoms with E-state index in [0.29, 0.717) is 0 Å². The molecule has 0 aromatic heterocycles. The van der Waals surface area contributed by atoms with Crippen LogP contribution in [-0.2, 0) is 4.57 Å². The van der Waals surface area contributed by atoms with Gasteiger partial charge in [0.25, 0.3) is 11.4 Å². The lowest BCUT2D eigenvalue weighted by Crippen LogP contribution is -1.96. The Morgan fingerprint density at radius 2 is 1.09 bits per heavy atom. The normalized spacial score (nSPS) is 10.8. The quantitative estimate of drug-likeness (QED) is 0.428. The largest absolute Gasteiger partial charge is 0.530 e. The molecule has 0 saturated heterocycles. The topological polar surface area (TPSA) is 122 Å². The predicted octanol–water partition coefficient (Wildman–Crippen LogP) is 4.31. The van der Waals surface area contributed by atoms with Crippen LogP contribution in [0.2, 0.25) is 0 Å². The summed E-state index contributed by atoms with van der Waals surface area (Å²) >= 11 is 5.65. The van der Waals surface area contributed by atoms with E-state index in [2.05, 4.69) is 0 Å². The molecular weight excluding hydrogens is 351 g/mol. The molecule has 0 unspecified atom stereocenters. The fourth-order valence-corrected chi connectivity index (χ4v) is 2.79. The van der Waals surface area contributed by atoms with Crippen molar-refractivity contribution in [3.8, 4) is 11.5 Å². The molecule has 0 heterocycles. The first-order valence-electron chi connectivity index (χ1n) is 5.95. The Bertz CT molecular complexity index is 716. The van der Waals surface area contributed by atoms with Gasteiger partial charge in [0.2, 0.25) is 0 Å². The van der Waals surface area contributed by atoms with E-state index in [9.17, 15) is 24.8 Å². The fourth-order valence-electron chi connectivity index (χ4n) is 1.53. The lowest BCUT2D eigenvalue weighted by atomic mass is 10.3. The summed E-state index contributed by atoms with van der Waals surface area (Å²) < 4.78 is 22.0. The first-order chi connectivity index (χ1) is 10.8. The monoisotopic (exact) mass is 358 g/mol. The SMILES string of the molecule is O=[N+]([O-])c1ccc(OP(=O)(Cl)Oc2ccc([N+](=O)[O-])cc2)cc1. The Balaban J connectivity index is 2.07. The van der Waals surface area contributed by atoms with Gasteiger partial charge in [-0.2, -0.15) is 0 Å². The Morgan fingerprint density at radius 3 is 1.35 bits per heavy atom. The average molecular weight is 359 g/mol. The molecule has 0 aliphatic heterocycles. The van der Waals surface area contributed by atoms with Crippen molar-refractivity contribution in [3.05, 3.63) is 68.8 Å². The van der Waals surface area contributed by atoms with Crippen molar-refractivity contribution < 1.29 is 23.5 Å². The number of rotatable bonds is 6. The number of non-ortho nitro benzene ring substituents is 2. The lowest BCUT2D eigenvalue weighted by molar-refractivity contribution is -0.385. The molecule has 0 amide bonds. The van der Waals surface area contributed by atoms with Gasteiger partial charge in [-0.25, -0.2) is 4.57 Å². The summed E-state index contributed by atoms with van der Waals surface area (Å²) in [5, 5.41) is 21.1. The van der Waals surface area contributed by atoms with E-state index in [0.717, 1.165) is 24.3 Å². The summed E-state index contributed by atoms with van der Waals surface area (Å²) in [5.74, 6) is 0.0201. The van der Waals surface area contributed by atoms with Gasteiger partial charge in [-0.05, 0) is 24.3 Å². The molecule has 0 spiro atoms. The Morgan fingerprint density at radius 1 is 0.783 bits per heavy atom. The maximum Gasteiger partial charge on any atom is 0.530 e. The van der Waals surface area contributed by atoms with Crippen molar-refractivity contribution in [2.45, 2.75) is 0 Å². The molecule has 0 fully saturated rings. The van der Waals surface area contributed by atoms with E-state index < -0.39 is 16.8 Å². The van der Waals surface area contributed by atoms with E-state index in [4.69, 9.17) is 20.3 Å². The van der Waals surface area contributed by atoms with Crippen LogP contribution in [0.4, 0.5) is 11.4 Å². The van der Waals surface area contributed by atoms with Gasteiger partial charge in [-0.3, -0.25) is 20.2 Å². The zero-order chi connectivity index (χ0) is 17.0. The molecule has 11 heteroatoms. The molecule has 2 aromatic carbocycles. The van der Waals surface area contributed by atoms with Crippen molar-refractivity contribution in [2.75, 3.05) is 0 Å². The zero-order valence-corrected chi connectivity index (χ0v) is 12.8. The number of hydrogen-bond donors (Lipinski definition) is 0. The van der Waals surface area contributed by atoms with E-state index in [1.54, 1.807) is 0 Å².